The van der Waals surface area contributed by atoms with Crippen molar-refractivity contribution >= 4 is 27.7 Å². The average molecular weight is 352 g/mol. The minimum atomic E-state index is -0.247. The molecular formula is C20H24N4O2. The molecule has 0 aliphatic carbocycles. The molecule has 26 heavy (non-hydrogen) atoms. The zero-order chi connectivity index (χ0) is 18.4. The number of carbonyl (C=O) groups is 1. The smallest absolute Gasteiger partial charge is 0.291 e. The van der Waals surface area contributed by atoms with Gasteiger partial charge in [0.2, 0.25) is 5.91 Å². The largest absolute Gasteiger partial charge is 0.350 e. The summed E-state index contributed by atoms with van der Waals surface area (Å²) in [4.78, 5) is 30.6. The second-order valence-corrected chi connectivity index (χ2v) is 7.81. The molecule has 2 unspecified atom stereocenters. The van der Waals surface area contributed by atoms with Gasteiger partial charge in [0.05, 0.1) is 6.20 Å². The molecule has 136 valence electrons. The third-order valence-electron chi connectivity index (χ3n) is 5.28. The predicted octanol–water partition coefficient (Wildman–Crippen LogP) is 2.69. The van der Waals surface area contributed by atoms with Gasteiger partial charge in [-0.05, 0) is 37.3 Å². The van der Waals surface area contributed by atoms with Crippen molar-refractivity contribution in [2.24, 2.45) is 11.8 Å². The molecule has 1 N–H and O–H groups in total. The maximum atomic E-state index is 12.8. The normalized spacial score (nSPS) is 20.8. The van der Waals surface area contributed by atoms with Crippen LogP contribution in [-0.2, 0) is 11.3 Å². The number of aryl methyl sites for hydroxylation is 1. The lowest BCUT2D eigenvalue weighted by Crippen LogP contribution is -2.45. The quantitative estimate of drug-likeness (QED) is 0.771. The van der Waals surface area contributed by atoms with E-state index in [-0.39, 0.29) is 18.0 Å². The number of nitrogens with zero attached hydrogens (tertiary/aromatic N) is 3. The minimum Gasteiger partial charge on any atom is -0.350 e. The summed E-state index contributed by atoms with van der Waals surface area (Å²) < 4.78 is 1.27. The molecule has 0 bridgehead atoms. The van der Waals surface area contributed by atoms with E-state index in [0.717, 1.165) is 41.4 Å². The second-order valence-electron chi connectivity index (χ2n) is 7.81. The predicted molar refractivity (Wildman–Crippen MR) is 102 cm³/mol. The van der Waals surface area contributed by atoms with E-state index in [0.29, 0.717) is 17.4 Å². The van der Waals surface area contributed by atoms with E-state index in [1.807, 2.05) is 30.0 Å². The Morgan fingerprint density at radius 3 is 2.69 bits per heavy atom. The highest BCUT2D eigenvalue weighted by Gasteiger charge is 2.26. The molecule has 3 aromatic rings. The molecule has 0 spiro atoms. The summed E-state index contributed by atoms with van der Waals surface area (Å²) >= 11 is 0. The number of likely N-dealkylation sites (tertiary alicyclic amines) is 1. The van der Waals surface area contributed by atoms with Crippen molar-refractivity contribution in [3.63, 3.8) is 0 Å². The highest BCUT2D eigenvalue weighted by Crippen LogP contribution is 2.24. The summed E-state index contributed by atoms with van der Waals surface area (Å²) in [5.74, 6) is 0.947. The van der Waals surface area contributed by atoms with Crippen LogP contribution in [0.1, 0.15) is 25.8 Å². The van der Waals surface area contributed by atoms with Gasteiger partial charge in [-0.15, -0.1) is 0 Å². The number of hydrogen-bond acceptors (Lipinski definition) is 3. The van der Waals surface area contributed by atoms with Crippen molar-refractivity contribution < 1.29 is 4.79 Å². The first-order chi connectivity index (χ1) is 12.4. The maximum absolute atomic E-state index is 12.8. The van der Waals surface area contributed by atoms with Gasteiger partial charge in [0.25, 0.3) is 5.56 Å². The van der Waals surface area contributed by atoms with E-state index in [2.05, 4.69) is 23.9 Å². The molecule has 4 rings (SSSR count). The van der Waals surface area contributed by atoms with Crippen LogP contribution in [-0.4, -0.2) is 38.7 Å². The van der Waals surface area contributed by atoms with Crippen LogP contribution in [0.15, 0.2) is 29.2 Å². The lowest BCUT2D eigenvalue weighted by molar-refractivity contribution is -0.134. The Hall–Kier alpha value is -2.63. The molecule has 2 atom stereocenters. The van der Waals surface area contributed by atoms with Gasteiger partial charge in [-0.25, -0.2) is 4.68 Å². The van der Waals surface area contributed by atoms with Crippen LogP contribution in [0.2, 0.25) is 0 Å². The number of aromatic amines is 1. The van der Waals surface area contributed by atoms with Crippen molar-refractivity contribution in [3.8, 4) is 0 Å². The van der Waals surface area contributed by atoms with Crippen LogP contribution in [0.4, 0.5) is 0 Å². The van der Waals surface area contributed by atoms with E-state index < -0.39 is 0 Å². The first kappa shape index (κ1) is 16.8. The molecule has 1 saturated heterocycles. The fourth-order valence-corrected chi connectivity index (χ4v) is 4.15. The third-order valence-corrected chi connectivity index (χ3v) is 5.28. The molecule has 0 radical (unpaired) electrons. The highest BCUT2D eigenvalue weighted by molar-refractivity contribution is 6.06. The number of benzene rings is 1. The minimum absolute atomic E-state index is 0.0113. The summed E-state index contributed by atoms with van der Waals surface area (Å²) in [6.45, 7) is 7.85. The van der Waals surface area contributed by atoms with Gasteiger partial charge in [0, 0.05) is 29.4 Å². The van der Waals surface area contributed by atoms with Crippen LogP contribution in [0, 0.1) is 18.8 Å². The topological polar surface area (TPSA) is 71.0 Å². The van der Waals surface area contributed by atoms with Crippen LogP contribution in [0.5, 0.6) is 0 Å². The Morgan fingerprint density at radius 2 is 1.96 bits per heavy atom. The number of piperidine rings is 1. The number of hydrogen-bond donors (Lipinski definition) is 1. The first-order valence-electron chi connectivity index (χ1n) is 9.18. The Balaban J connectivity index is 1.67. The molecule has 1 aliphatic heterocycles. The highest BCUT2D eigenvalue weighted by atomic mass is 16.2. The van der Waals surface area contributed by atoms with E-state index in [1.54, 1.807) is 6.20 Å². The summed E-state index contributed by atoms with van der Waals surface area (Å²) in [5, 5.41) is 6.06. The average Bonchev–Trinajstić information content (AvgIpc) is 2.95. The standard InChI is InChI=1S/C20H24N4O2/c1-12-4-5-17-15(7-12)16-8-21-24(20(26)19(16)22-17)11-18(25)23-9-13(2)6-14(3)10-23/h4-5,7-8,13-14,22H,6,9-11H2,1-3H3. The van der Waals surface area contributed by atoms with Crippen molar-refractivity contribution in [3.05, 3.63) is 40.3 Å². The fourth-order valence-electron chi connectivity index (χ4n) is 4.15. The molecular weight excluding hydrogens is 328 g/mol. The Labute approximate surface area is 151 Å². The SMILES string of the molecule is Cc1ccc2[nH]c3c(=O)n(CC(=O)N4CC(C)CC(C)C4)ncc3c2c1. The zero-order valence-electron chi connectivity index (χ0n) is 15.5. The van der Waals surface area contributed by atoms with Gasteiger partial charge < -0.3 is 9.88 Å². The molecule has 1 aromatic carbocycles. The van der Waals surface area contributed by atoms with Gasteiger partial charge in [-0.3, -0.25) is 9.59 Å². The van der Waals surface area contributed by atoms with Crippen LogP contribution < -0.4 is 5.56 Å². The molecule has 1 fully saturated rings. The van der Waals surface area contributed by atoms with Crippen molar-refractivity contribution in [1.82, 2.24) is 19.7 Å². The molecule has 6 heteroatoms. The van der Waals surface area contributed by atoms with Crippen molar-refractivity contribution in [2.75, 3.05) is 13.1 Å². The summed E-state index contributed by atoms with van der Waals surface area (Å²) in [6.07, 6.45) is 2.83. The molecule has 6 nitrogen and oxygen atoms in total. The van der Waals surface area contributed by atoms with Gasteiger partial charge >= 0.3 is 0 Å². The van der Waals surface area contributed by atoms with Crippen LogP contribution in [0.3, 0.4) is 0 Å². The van der Waals surface area contributed by atoms with E-state index in [1.165, 1.54) is 4.68 Å². The van der Waals surface area contributed by atoms with Gasteiger partial charge in [-0.2, -0.15) is 5.10 Å². The summed E-state index contributed by atoms with van der Waals surface area (Å²) in [6, 6.07) is 6.02. The van der Waals surface area contributed by atoms with E-state index in [4.69, 9.17) is 0 Å². The zero-order valence-corrected chi connectivity index (χ0v) is 15.5. The van der Waals surface area contributed by atoms with E-state index in [9.17, 15) is 9.59 Å². The number of aromatic nitrogens is 3. The molecule has 1 amide bonds. The van der Waals surface area contributed by atoms with Crippen LogP contribution in [0.25, 0.3) is 21.8 Å². The number of carbonyl (C=O) groups excluding carboxylic acids is 1. The van der Waals surface area contributed by atoms with Gasteiger partial charge in [0.1, 0.15) is 12.1 Å². The monoisotopic (exact) mass is 352 g/mol. The summed E-state index contributed by atoms with van der Waals surface area (Å²) in [5.41, 5.74) is 2.30. The Morgan fingerprint density at radius 1 is 1.23 bits per heavy atom. The fraction of sp³-hybridized carbons (Fsp3) is 0.450. The molecule has 3 heterocycles. The number of rotatable bonds is 2. The summed E-state index contributed by atoms with van der Waals surface area (Å²) in [7, 11) is 0. The Bertz CT molecular complexity index is 1040. The van der Waals surface area contributed by atoms with Gasteiger partial charge in [-0.1, -0.05) is 25.5 Å². The molecule has 0 saturated carbocycles. The first-order valence-corrected chi connectivity index (χ1v) is 9.18. The number of H-pyrrole nitrogens is 1. The van der Waals surface area contributed by atoms with E-state index >= 15 is 0 Å². The second kappa shape index (κ2) is 6.27. The lowest BCUT2D eigenvalue weighted by Gasteiger charge is -2.35. The van der Waals surface area contributed by atoms with Gasteiger partial charge in [0.15, 0.2) is 0 Å². The number of nitrogens with one attached hydrogen (secondary N) is 1. The maximum Gasteiger partial charge on any atom is 0.291 e. The lowest BCUT2D eigenvalue weighted by atomic mass is 9.92. The third kappa shape index (κ3) is 2.89. The molecule has 1 aliphatic rings. The van der Waals surface area contributed by atoms with Crippen molar-refractivity contribution in [1.29, 1.82) is 0 Å². The Kier molecular flexibility index (Phi) is 4.05. The van der Waals surface area contributed by atoms with Crippen LogP contribution >= 0.6 is 0 Å². The number of fused-ring (bicyclic) bond motifs is 3. The number of amides is 1. The molecule has 2 aromatic heterocycles. The van der Waals surface area contributed by atoms with Crippen molar-refractivity contribution in [2.45, 2.75) is 33.7 Å².